The largest absolute Gasteiger partial charge is 0.864 e. The number of halogens is 24. The second kappa shape index (κ2) is 20.8. The van der Waals surface area contributed by atoms with Crippen LogP contribution >= 0.6 is 0 Å². The molecule has 0 bridgehead atoms. The lowest BCUT2D eigenvalue weighted by Crippen LogP contribution is -2.59. The lowest BCUT2D eigenvalue weighted by Gasteiger charge is -2.47. The molecule has 4 aromatic rings. The van der Waals surface area contributed by atoms with E-state index in [4.69, 9.17) is 23.4 Å². The topological polar surface area (TPSA) is 46.2 Å². The molecule has 0 aliphatic carbocycles. The summed E-state index contributed by atoms with van der Waals surface area (Å²) in [5.41, 5.74) is -19.6. The Kier molecular flexibility index (Phi) is 17.6. The van der Waals surface area contributed by atoms with Gasteiger partial charge in [0.2, 0.25) is 5.72 Å². The summed E-state index contributed by atoms with van der Waals surface area (Å²) in [5, 5.41) is 0. The van der Waals surface area contributed by atoms with Crippen LogP contribution in [0.1, 0.15) is 70.8 Å². The van der Waals surface area contributed by atoms with Crippen LogP contribution < -0.4 is 14.0 Å². The lowest BCUT2D eigenvalue weighted by molar-refractivity contribution is -0.975. The Labute approximate surface area is 390 Å². The Bertz CT molecular complexity index is 2320. The summed E-state index contributed by atoms with van der Waals surface area (Å²) in [5.74, 6) is -4.96. The van der Waals surface area contributed by atoms with Crippen molar-refractivity contribution in [3.8, 4) is 17.2 Å². The Balaban J connectivity index is 0.000000838. The van der Waals surface area contributed by atoms with Crippen LogP contribution in [0.25, 0.3) is 0 Å². The molecule has 402 valence electrons. The maximum Gasteiger partial charge on any atom is 0.864 e. The van der Waals surface area contributed by atoms with Gasteiger partial charge in [-0.3, -0.25) is 9.22 Å². The molecule has 2 atom stereocenters. The summed E-state index contributed by atoms with van der Waals surface area (Å²) < 4.78 is 349. The van der Waals surface area contributed by atoms with Gasteiger partial charge in [0.1, 0.15) is 17.2 Å². The molecule has 31 heteroatoms. The van der Waals surface area contributed by atoms with Gasteiger partial charge in [-0.05, 0) is 62.4 Å². The number of ether oxygens (including phenoxy) is 2. The molecule has 4 rings (SSSR count). The zero-order valence-electron chi connectivity index (χ0n) is 36.8. The molecule has 0 aliphatic rings. The predicted octanol–water partition coefficient (Wildman–Crippen LogP) is 15.1. The van der Waals surface area contributed by atoms with Gasteiger partial charge in [0.05, 0.1) is 59.6 Å². The van der Waals surface area contributed by atoms with Crippen molar-refractivity contribution in [2.45, 2.75) is 82.2 Å². The molecule has 0 saturated carbocycles. The van der Waals surface area contributed by atoms with Crippen molar-refractivity contribution in [1.29, 1.82) is 0 Å². The van der Waals surface area contributed by atoms with Crippen molar-refractivity contribution in [3.05, 3.63) is 123 Å². The fourth-order valence-corrected chi connectivity index (χ4v) is 5.94. The third kappa shape index (κ3) is 15.5. The minimum absolute atomic E-state index is 0.0521. The van der Waals surface area contributed by atoms with Crippen LogP contribution in [0.2, 0.25) is 0 Å². The molecule has 2 unspecified atom stereocenters. The maximum absolute atomic E-state index is 14.9. The molecule has 0 saturated heterocycles. The summed E-state index contributed by atoms with van der Waals surface area (Å²) >= 11 is 0. The highest BCUT2D eigenvalue weighted by Crippen LogP contribution is 2.50. The van der Waals surface area contributed by atoms with Crippen molar-refractivity contribution in [2.75, 3.05) is 27.7 Å². The molecule has 72 heavy (non-hydrogen) atoms. The van der Waals surface area contributed by atoms with E-state index in [0.717, 1.165) is 21.0 Å². The summed E-state index contributed by atoms with van der Waals surface area (Å²) in [6.07, 6.45) is -45.0. The monoisotopic (exact) mass is 1090 g/mol. The van der Waals surface area contributed by atoms with Crippen molar-refractivity contribution in [3.63, 3.8) is 0 Å². The molecule has 0 amide bonds. The Morgan fingerprint density at radius 1 is 0.472 bits per heavy atom. The molecule has 0 aliphatic heterocycles. The third-order valence-electron chi connectivity index (χ3n) is 10.1. The van der Waals surface area contributed by atoms with Gasteiger partial charge in [-0.25, -0.2) is 0 Å². The highest BCUT2D eigenvalue weighted by atomic mass is 19.4. The van der Waals surface area contributed by atoms with Crippen LogP contribution in [0, 0.1) is 6.07 Å². The Morgan fingerprint density at radius 3 is 1.08 bits per heavy atom. The van der Waals surface area contributed by atoms with Crippen LogP contribution in [-0.2, 0) is 64.6 Å². The number of hydrogen-bond donors (Lipinski definition) is 0. The van der Waals surface area contributed by atoms with Gasteiger partial charge in [0.15, 0.2) is 6.29 Å². The SMILES string of the molecule is CC[N+](C)(C)C(C)(OC(C)OC)c1c(OB(Oc2cc(C(F)(F)F)cc(C(F)(F)F)c2)Oc2cc(C(F)(F)F)cc(C(F)(F)F)c2)cc(C(F)(F)F)cc1C(F)(F)F.FC(F)(F)c1c[c-]cc(C(F)(F)F)c1. The first-order chi connectivity index (χ1) is 32.1. The van der Waals surface area contributed by atoms with Crippen molar-refractivity contribution >= 4 is 7.32 Å². The standard InChI is InChI=1S/C33H29BF18NO5.C8H3F6/c1-7-53(4,5)27(3,55-16(2)54-6)26-24(33(50,51)52)14-21(32(47,48)49)15-25(26)58-34(56-22-10-17(28(35,36)37)8-18(11-22)29(38,39)40)57-23-12-19(30(41,42)43)9-20(13-23)31(44,45)46;9-7(10,11)5-2-1-3-6(4-5)8(12,13)14/h8-16H,7H2,1-6H3;2-4H/q+1;-1. The average molecular weight is 1090 g/mol. The van der Waals surface area contributed by atoms with Crippen molar-refractivity contribution < 1.29 is 133 Å². The maximum atomic E-state index is 14.9. The molecular formula is C41H32BF24NO5. The van der Waals surface area contributed by atoms with Crippen LogP contribution in [0.15, 0.2) is 66.7 Å². The van der Waals surface area contributed by atoms with Gasteiger partial charge in [-0.15, -0.1) is 6.07 Å². The van der Waals surface area contributed by atoms with Gasteiger partial charge in [0, 0.05) is 14.0 Å². The molecule has 0 heterocycles. The Morgan fingerprint density at radius 2 is 0.792 bits per heavy atom. The van der Waals surface area contributed by atoms with Crippen LogP contribution in [-0.4, -0.2) is 45.8 Å². The van der Waals surface area contributed by atoms with E-state index in [1.165, 1.54) is 21.0 Å². The molecule has 0 fully saturated rings. The first-order valence-electron chi connectivity index (χ1n) is 19.3. The highest BCUT2D eigenvalue weighted by molar-refractivity contribution is 6.39. The summed E-state index contributed by atoms with van der Waals surface area (Å²) in [6.45, 7) is 3.15. The fraction of sp³-hybridized carbons (Fsp3) is 0.415. The minimum atomic E-state index is -5.79. The second-order valence-electron chi connectivity index (χ2n) is 15.4. The van der Waals surface area contributed by atoms with E-state index in [-0.39, 0.29) is 42.9 Å². The quantitative estimate of drug-likeness (QED) is 0.0465. The Hall–Kier alpha value is -5.46. The van der Waals surface area contributed by atoms with Crippen LogP contribution in [0.4, 0.5) is 105 Å². The summed E-state index contributed by atoms with van der Waals surface area (Å²) in [4.78, 5) is 0. The first-order valence-corrected chi connectivity index (χ1v) is 19.3. The summed E-state index contributed by atoms with van der Waals surface area (Å²) in [7, 11) is 0.00508. The molecule has 0 aromatic heterocycles. The highest BCUT2D eigenvalue weighted by Gasteiger charge is 2.54. The molecular weight excluding hydrogens is 1050 g/mol. The number of rotatable bonds is 12. The number of benzene rings is 4. The van der Waals surface area contributed by atoms with E-state index in [1.54, 1.807) is 6.07 Å². The molecule has 0 radical (unpaired) electrons. The van der Waals surface area contributed by atoms with Gasteiger partial charge in [0.25, 0.3) is 0 Å². The number of hydrogen-bond acceptors (Lipinski definition) is 5. The van der Waals surface area contributed by atoms with E-state index in [2.05, 4.69) is 0 Å². The number of methoxy groups -OCH3 is 1. The number of nitrogens with zero attached hydrogens (tertiary/aromatic N) is 1. The van der Waals surface area contributed by atoms with Gasteiger partial charge in [-0.1, -0.05) is 11.1 Å². The second-order valence-corrected chi connectivity index (χ2v) is 15.4. The lowest BCUT2D eigenvalue weighted by atomic mass is 9.91. The predicted molar refractivity (Wildman–Crippen MR) is 200 cm³/mol. The van der Waals surface area contributed by atoms with E-state index in [0.29, 0.717) is 12.1 Å². The van der Waals surface area contributed by atoms with E-state index in [1.807, 2.05) is 0 Å². The third-order valence-corrected chi connectivity index (χ3v) is 10.1. The molecule has 6 nitrogen and oxygen atoms in total. The molecule has 4 aromatic carbocycles. The smallest absolute Gasteiger partial charge is 0.490 e. The normalized spacial score (nSPS) is 14.8. The molecule has 0 N–H and O–H groups in total. The van der Waals surface area contributed by atoms with Gasteiger partial charge < -0.3 is 18.7 Å². The van der Waals surface area contributed by atoms with Crippen molar-refractivity contribution in [1.82, 2.24) is 0 Å². The zero-order chi connectivity index (χ0) is 55.8. The minimum Gasteiger partial charge on any atom is -0.490 e. The van der Waals surface area contributed by atoms with E-state index < -0.39 is 159 Å². The fourth-order valence-electron chi connectivity index (χ4n) is 5.94. The van der Waals surface area contributed by atoms with Crippen molar-refractivity contribution in [2.24, 2.45) is 0 Å². The van der Waals surface area contributed by atoms with E-state index >= 15 is 0 Å². The number of alkyl halides is 24. The van der Waals surface area contributed by atoms with Crippen LogP contribution in [0.5, 0.6) is 17.2 Å². The van der Waals surface area contributed by atoms with Gasteiger partial charge in [-0.2, -0.15) is 124 Å². The average Bonchev–Trinajstić information content (AvgIpc) is 3.20. The van der Waals surface area contributed by atoms with E-state index in [9.17, 15) is 105 Å². The molecule has 0 spiro atoms. The zero-order valence-corrected chi connectivity index (χ0v) is 36.8. The van der Waals surface area contributed by atoms with Crippen LogP contribution in [0.3, 0.4) is 0 Å². The van der Waals surface area contributed by atoms with Gasteiger partial charge >= 0.3 is 56.7 Å². The summed E-state index contributed by atoms with van der Waals surface area (Å²) in [6, 6.07) is 0.494. The first kappa shape index (κ1) is 60.8. The number of quaternary nitrogens is 1.